The van der Waals surface area contributed by atoms with Crippen LogP contribution >= 0.6 is 0 Å². The molecule has 3 aromatic carbocycles. The van der Waals surface area contributed by atoms with Crippen molar-refractivity contribution in [1.29, 1.82) is 0 Å². The molecule has 2 N–H and O–H groups in total. The zero-order chi connectivity index (χ0) is 27.7. The van der Waals surface area contributed by atoms with Crippen molar-refractivity contribution >= 4 is 65.3 Å². The SMILES string of the molecule is COc1ccc(N=Nc2c(OS(=O)[O-])cc3cc(S(=O)(=O)[O-])cc(NC(C)=O)c3c2O)c(S(=O)(=O)[O-])c1.[Na+].[Na+].[Na+]. The van der Waals surface area contributed by atoms with Crippen LogP contribution < -0.4 is 103 Å². The second-order valence-electron chi connectivity index (χ2n) is 7.05. The molecule has 0 saturated carbocycles. The van der Waals surface area contributed by atoms with Crippen LogP contribution in [0.15, 0.2) is 56.4 Å². The minimum atomic E-state index is -5.09. The predicted octanol–water partition coefficient (Wildman–Crippen LogP) is -7.08. The molecule has 3 rings (SSSR count). The van der Waals surface area contributed by atoms with Crippen molar-refractivity contribution in [2.75, 3.05) is 12.4 Å². The number of aromatic hydroxyl groups is 1. The van der Waals surface area contributed by atoms with Crippen molar-refractivity contribution in [2.45, 2.75) is 16.7 Å². The van der Waals surface area contributed by atoms with E-state index >= 15 is 0 Å². The van der Waals surface area contributed by atoms with E-state index in [4.69, 9.17) is 4.74 Å². The molecule has 0 aliphatic carbocycles. The molecule has 21 heteroatoms. The van der Waals surface area contributed by atoms with Crippen LogP contribution in [0.25, 0.3) is 10.8 Å². The zero-order valence-electron chi connectivity index (χ0n) is 21.5. The van der Waals surface area contributed by atoms with Gasteiger partial charge in [0.1, 0.15) is 43.0 Å². The molecule has 0 saturated heterocycles. The van der Waals surface area contributed by atoms with Crippen LogP contribution in [-0.2, 0) is 36.4 Å². The summed E-state index contributed by atoms with van der Waals surface area (Å²) in [6, 6.07) is 5.57. The Balaban J connectivity index is 0.00000507. The summed E-state index contributed by atoms with van der Waals surface area (Å²) in [5, 5.41) is 19.8. The van der Waals surface area contributed by atoms with Gasteiger partial charge in [-0.1, -0.05) is 0 Å². The minimum Gasteiger partial charge on any atom is -0.744 e. The monoisotopic (exact) mass is 641 g/mol. The Hall–Kier alpha value is -0.680. The van der Waals surface area contributed by atoms with E-state index < -0.39 is 70.2 Å². The Labute approximate surface area is 297 Å². The fraction of sp³-hybridized carbons (Fsp3) is 0.105. The van der Waals surface area contributed by atoms with Crippen molar-refractivity contribution in [3.63, 3.8) is 0 Å². The van der Waals surface area contributed by atoms with Gasteiger partial charge in [0.05, 0.1) is 22.6 Å². The van der Waals surface area contributed by atoms with Crippen LogP contribution in [0.3, 0.4) is 0 Å². The largest absolute Gasteiger partial charge is 1.00 e. The van der Waals surface area contributed by atoms with Crippen LogP contribution in [0.1, 0.15) is 6.92 Å². The van der Waals surface area contributed by atoms with Crippen LogP contribution in [-0.4, -0.2) is 52.8 Å². The third-order valence-electron chi connectivity index (χ3n) is 4.57. The van der Waals surface area contributed by atoms with Crippen molar-refractivity contribution < 1.29 is 142 Å². The number of amides is 1. The number of phenols is 1. The molecule has 0 aromatic heterocycles. The number of azo groups is 1. The molecule has 3 aromatic rings. The van der Waals surface area contributed by atoms with Gasteiger partial charge in [0.2, 0.25) is 5.91 Å². The Morgan fingerprint density at radius 1 is 1.00 bits per heavy atom. The average molecular weight is 642 g/mol. The number of nitrogens with zero attached hydrogens (tertiary/aromatic N) is 2. The van der Waals surface area contributed by atoms with Gasteiger partial charge in [0.15, 0.2) is 17.2 Å². The summed E-state index contributed by atoms with van der Waals surface area (Å²) in [6.07, 6.45) is 0. The van der Waals surface area contributed by atoms with Crippen molar-refractivity contribution in [3.05, 3.63) is 36.4 Å². The fourth-order valence-electron chi connectivity index (χ4n) is 3.13. The number of hydrogen-bond acceptors (Lipinski definition) is 14. The van der Waals surface area contributed by atoms with Crippen LogP contribution in [0.4, 0.5) is 17.1 Å². The molecule has 0 aliphatic heterocycles. The van der Waals surface area contributed by atoms with Gasteiger partial charge in [-0.25, -0.2) is 21.0 Å². The average Bonchev–Trinajstić information content (AvgIpc) is 2.76. The number of anilines is 1. The number of carbonyl (C=O) groups excluding carboxylic acids is 1. The first-order chi connectivity index (χ1) is 17.1. The maximum atomic E-state index is 11.7. The van der Waals surface area contributed by atoms with Gasteiger partial charge in [0, 0.05) is 12.3 Å². The van der Waals surface area contributed by atoms with Crippen LogP contribution in [0, 0.1) is 0 Å². The van der Waals surface area contributed by atoms with E-state index in [1.807, 2.05) is 0 Å². The van der Waals surface area contributed by atoms with Crippen molar-refractivity contribution in [1.82, 2.24) is 0 Å². The Bertz CT molecular complexity index is 1700. The Kier molecular flexibility index (Phi) is 15.4. The number of carbonyl (C=O) groups is 1. The molecule has 0 radical (unpaired) electrons. The molecule has 0 aliphatic rings. The molecule has 0 heterocycles. The predicted molar refractivity (Wildman–Crippen MR) is 123 cm³/mol. The summed E-state index contributed by atoms with van der Waals surface area (Å²) >= 11 is -3.26. The van der Waals surface area contributed by atoms with Gasteiger partial charge in [-0.05, 0) is 41.8 Å². The molecule has 0 fully saturated rings. The first kappa shape index (κ1) is 39.3. The number of benzene rings is 3. The summed E-state index contributed by atoms with van der Waals surface area (Å²) in [7, 11) is -8.94. The molecule has 0 bridgehead atoms. The summed E-state index contributed by atoms with van der Waals surface area (Å²) in [6.45, 7) is 1.05. The molecule has 0 spiro atoms. The van der Waals surface area contributed by atoms with Gasteiger partial charge in [-0.15, -0.1) is 10.2 Å². The van der Waals surface area contributed by atoms with Crippen molar-refractivity contribution in [3.8, 4) is 17.2 Å². The van der Waals surface area contributed by atoms with Crippen LogP contribution in [0.5, 0.6) is 17.2 Å². The fourth-order valence-corrected chi connectivity index (χ4v) is 4.57. The zero-order valence-corrected chi connectivity index (χ0v) is 30.0. The molecule has 1 unspecified atom stereocenters. The third-order valence-corrected chi connectivity index (χ3v) is 6.57. The number of methoxy groups -OCH3 is 1. The summed E-state index contributed by atoms with van der Waals surface area (Å²) in [5.41, 5.74) is -1.60. The molecule has 40 heavy (non-hydrogen) atoms. The topological polar surface area (TPSA) is 247 Å². The number of phenolic OH excluding ortho intramolecular Hbond substituents is 1. The number of fused-ring (bicyclic) bond motifs is 1. The number of hydrogen-bond donors (Lipinski definition) is 2. The Morgan fingerprint density at radius 2 is 1.62 bits per heavy atom. The summed E-state index contributed by atoms with van der Waals surface area (Å²) in [4.78, 5) is 9.98. The van der Waals surface area contributed by atoms with E-state index in [1.165, 1.54) is 13.2 Å². The second-order valence-corrected chi connectivity index (χ2v) is 10.4. The van der Waals surface area contributed by atoms with E-state index in [-0.39, 0.29) is 111 Å². The first-order valence-electron chi connectivity index (χ1n) is 9.52. The molecular formula is C19H14N3Na3O12S3. The molecule has 198 valence electrons. The Morgan fingerprint density at radius 3 is 2.12 bits per heavy atom. The number of nitrogens with one attached hydrogen (secondary N) is 1. The third kappa shape index (κ3) is 9.68. The first-order valence-corrected chi connectivity index (χ1v) is 13.3. The molecule has 1 amide bonds. The summed E-state index contributed by atoms with van der Waals surface area (Å²) < 4.78 is 102. The molecular weight excluding hydrogens is 627 g/mol. The van der Waals surface area contributed by atoms with E-state index in [0.29, 0.717) is 0 Å². The maximum absolute atomic E-state index is 11.7. The van der Waals surface area contributed by atoms with E-state index in [9.17, 15) is 44.6 Å². The number of rotatable bonds is 8. The van der Waals surface area contributed by atoms with Gasteiger partial charge >= 0.3 is 88.7 Å². The second kappa shape index (κ2) is 15.7. The van der Waals surface area contributed by atoms with E-state index in [0.717, 1.165) is 37.3 Å². The molecule has 15 nitrogen and oxygen atoms in total. The minimum absolute atomic E-state index is 0. The van der Waals surface area contributed by atoms with Gasteiger partial charge in [-0.2, -0.15) is 0 Å². The van der Waals surface area contributed by atoms with Crippen LogP contribution in [0.2, 0.25) is 0 Å². The number of ether oxygens (including phenoxy) is 1. The normalized spacial score (nSPS) is 12.0. The van der Waals surface area contributed by atoms with Crippen molar-refractivity contribution in [2.24, 2.45) is 10.2 Å². The summed E-state index contributed by atoms with van der Waals surface area (Å²) in [5.74, 6) is -2.36. The standard InChI is InChI=1S/C19H17N3O12S3.3Na/c1-9(23)20-14-8-12(36(27,28)29)5-10-6-15(34-35(25)26)18(19(24)17(10)14)22-21-13-4-3-11(33-2)7-16(13)37(30,31)32;;;/h3-8,24H,1-2H3,(H,20,23)(H,25,26)(H,27,28,29)(H,30,31,32);;;/q;3*+1/p-3. The molecule has 1 atom stereocenters. The van der Waals surface area contributed by atoms with Gasteiger partial charge < -0.3 is 33.0 Å². The van der Waals surface area contributed by atoms with Gasteiger partial charge in [-0.3, -0.25) is 4.79 Å². The van der Waals surface area contributed by atoms with E-state index in [1.54, 1.807) is 0 Å². The van der Waals surface area contributed by atoms with Gasteiger partial charge in [0.25, 0.3) is 0 Å². The quantitative estimate of drug-likeness (QED) is 0.101. The smallest absolute Gasteiger partial charge is 0.744 e. The maximum Gasteiger partial charge on any atom is 1.00 e. The van der Waals surface area contributed by atoms with E-state index in [2.05, 4.69) is 19.7 Å².